The van der Waals surface area contributed by atoms with Gasteiger partial charge in [0, 0.05) is 18.8 Å². The molecular formula is C13H16FN3. The summed E-state index contributed by atoms with van der Waals surface area (Å²) in [7, 11) is 2.05. The third-order valence-corrected chi connectivity index (χ3v) is 3.26. The lowest BCUT2D eigenvalue weighted by Gasteiger charge is -2.36. The van der Waals surface area contributed by atoms with Crippen molar-refractivity contribution in [3.8, 4) is 6.07 Å². The van der Waals surface area contributed by atoms with Crippen LogP contribution in [0.15, 0.2) is 24.3 Å². The summed E-state index contributed by atoms with van der Waals surface area (Å²) in [4.78, 5) is 2.20. The number of hydrogen-bond donors (Lipinski definition) is 1. The number of benzene rings is 1. The molecule has 1 N–H and O–H groups in total. The maximum absolute atomic E-state index is 13.1. The third kappa shape index (κ3) is 2.75. The number of nitriles is 1. The van der Waals surface area contributed by atoms with Gasteiger partial charge in [-0.15, -0.1) is 0 Å². The fraction of sp³-hybridized carbons (Fsp3) is 0.462. The minimum absolute atomic E-state index is 0.281. The maximum Gasteiger partial charge on any atom is 0.127 e. The molecule has 1 aliphatic rings. The Morgan fingerprint density at radius 1 is 1.41 bits per heavy atom. The zero-order valence-electron chi connectivity index (χ0n) is 9.91. The monoisotopic (exact) mass is 233 g/mol. The lowest BCUT2D eigenvalue weighted by Crippen LogP contribution is -2.47. The minimum Gasteiger partial charge on any atom is -0.367 e. The molecule has 4 heteroatoms. The van der Waals surface area contributed by atoms with Gasteiger partial charge in [-0.3, -0.25) is 0 Å². The largest absolute Gasteiger partial charge is 0.367 e. The molecule has 1 aromatic carbocycles. The molecule has 0 bridgehead atoms. The highest BCUT2D eigenvalue weighted by atomic mass is 19.1. The van der Waals surface area contributed by atoms with Crippen LogP contribution in [0.5, 0.6) is 0 Å². The quantitative estimate of drug-likeness (QED) is 0.851. The molecule has 0 saturated carbocycles. The molecule has 1 saturated heterocycles. The van der Waals surface area contributed by atoms with Crippen molar-refractivity contribution in [2.45, 2.75) is 18.4 Å². The van der Waals surface area contributed by atoms with Crippen LogP contribution in [0.3, 0.4) is 0 Å². The van der Waals surface area contributed by atoms with E-state index in [4.69, 9.17) is 0 Å². The number of nitrogens with one attached hydrogen (secondary N) is 1. The Bertz CT molecular complexity index is 431. The molecule has 1 aliphatic heterocycles. The molecule has 1 heterocycles. The van der Waals surface area contributed by atoms with Gasteiger partial charge in [0.25, 0.3) is 0 Å². The maximum atomic E-state index is 13.1. The standard InChI is InChI=1S/C13H16FN3/c1-17-7-5-13(10-15,6-8-17)16-12-4-2-3-11(14)9-12/h2-4,9,16H,5-8H2,1H3. The van der Waals surface area contributed by atoms with Crippen molar-refractivity contribution >= 4 is 5.69 Å². The number of hydrogen-bond acceptors (Lipinski definition) is 3. The number of anilines is 1. The van der Waals surface area contributed by atoms with Gasteiger partial charge in [-0.1, -0.05) is 6.07 Å². The average molecular weight is 233 g/mol. The van der Waals surface area contributed by atoms with Crippen LogP contribution in [0.25, 0.3) is 0 Å². The summed E-state index contributed by atoms with van der Waals surface area (Å²) in [6.45, 7) is 1.77. The van der Waals surface area contributed by atoms with Crippen LogP contribution in [0.4, 0.5) is 10.1 Å². The highest BCUT2D eigenvalue weighted by Gasteiger charge is 2.33. The first-order valence-electron chi connectivity index (χ1n) is 5.77. The fourth-order valence-electron chi connectivity index (χ4n) is 2.11. The van der Waals surface area contributed by atoms with E-state index < -0.39 is 5.54 Å². The Kier molecular flexibility index (Phi) is 3.30. The van der Waals surface area contributed by atoms with Gasteiger partial charge in [0.2, 0.25) is 0 Å². The van der Waals surface area contributed by atoms with E-state index in [1.165, 1.54) is 12.1 Å². The van der Waals surface area contributed by atoms with Gasteiger partial charge < -0.3 is 10.2 Å². The molecule has 90 valence electrons. The molecule has 1 aromatic rings. The van der Waals surface area contributed by atoms with Gasteiger partial charge in [0.1, 0.15) is 11.4 Å². The van der Waals surface area contributed by atoms with E-state index in [2.05, 4.69) is 16.3 Å². The number of piperidine rings is 1. The molecule has 0 atom stereocenters. The van der Waals surface area contributed by atoms with Crippen LogP contribution in [0.1, 0.15) is 12.8 Å². The molecule has 17 heavy (non-hydrogen) atoms. The second kappa shape index (κ2) is 4.72. The molecule has 1 fully saturated rings. The first kappa shape index (κ1) is 11.9. The molecule has 0 aliphatic carbocycles. The van der Waals surface area contributed by atoms with Crippen LogP contribution in [-0.2, 0) is 0 Å². The molecule has 0 unspecified atom stereocenters. The molecule has 3 nitrogen and oxygen atoms in total. The van der Waals surface area contributed by atoms with Crippen molar-refractivity contribution in [3.63, 3.8) is 0 Å². The number of likely N-dealkylation sites (tertiary alicyclic amines) is 1. The topological polar surface area (TPSA) is 39.1 Å². The zero-order chi connectivity index (χ0) is 12.3. The van der Waals surface area contributed by atoms with Crippen molar-refractivity contribution in [3.05, 3.63) is 30.1 Å². The molecule has 2 rings (SSSR count). The number of rotatable bonds is 2. The van der Waals surface area contributed by atoms with E-state index in [0.29, 0.717) is 5.69 Å². The summed E-state index contributed by atoms with van der Waals surface area (Å²) >= 11 is 0. The van der Waals surface area contributed by atoms with Gasteiger partial charge in [0.15, 0.2) is 0 Å². The molecule has 0 amide bonds. The van der Waals surface area contributed by atoms with Crippen molar-refractivity contribution in [2.75, 3.05) is 25.5 Å². The summed E-state index contributed by atoms with van der Waals surface area (Å²) in [5.74, 6) is -0.281. The fourth-order valence-corrected chi connectivity index (χ4v) is 2.11. The lowest BCUT2D eigenvalue weighted by atomic mass is 9.89. The first-order valence-corrected chi connectivity index (χ1v) is 5.77. The van der Waals surface area contributed by atoms with Crippen LogP contribution in [0.2, 0.25) is 0 Å². The second-order valence-electron chi connectivity index (χ2n) is 4.63. The predicted molar refractivity (Wildman–Crippen MR) is 65.1 cm³/mol. The van der Waals surface area contributed by atoms with Crippen LogP contribution in [0, 0.1) is 17.1 Å². The van der Waals surface area contributed by atoms with Gasteiger partial charge in [-0.05, 0) is 38.1 Å². The smallest absolute Gasteiger partial charge is 0.127 e. The van der Waals surface area contributed by atoms with Gasteiger partial charge >= 0.3 is 0 Å². The van der Waals surface area contributed by atoms with Crippen LogP contribution in [-0.4, -0.2) is 30.6 Å². The summed E-state index contributed by atoms with van der Waals surface area (Å²) in [6.07, 6.45) is 1.52. The number of halogens is 1. The summed E-state index contributed by atoms with van der Waals surface area (Å²) in [5, 5.41) is 12.5. The summed E-state index contributed by atoms with van der Waals surface area (Å²) < 4.78 is 13.1. The molecule has 0 radical (unpaired) electrons. The second-order valence-corrected chi connectivity index (χ2v) is 4.63. The van der Waals surface area contributed by atoms with E-state index in [1.54, 1.807) is 12.1 Å². The summed E-state index contributed by atoms with van der Waals surface area (Å²) in [6, 6.07) is 8.62. The zero-order valence-corrected chi connectivity index (χ0v) is 9.91. The van der Waals surface area contributed by atoms with Gasteiger partial charge in [-0.25, -0.2) is 4.39 Å². The highest BCUT2D eigenvalue weighted by molar-refractivity contribution is 5.48. The van der Waals surface area contributed by atoms with Gasteiger partial charge in [0.05, 0.1) is 6.07 Å². The van der Waals surface area contributed by atoms with Crippen molar-refractivity contribution < 1.29 is 4.39 Å². The van der Waals surface area contributed by atoms with E-state index in [-0.39, 0.29) is 5.82 Å². The molecule has 0 spiro atoms. The highest BCUT2D eigenvalue weighted by Crippen LogP contribution is 2.26. The number of nitrogens with zero attached hydrogens (tertiary/aromatic N) is 2. The van der Waals surface area contributed by atoms with Crippen molar-refractivity contribution in [1.29, 1.82) is 5.26 Å². The summed E-state index contributed by atoms with van der Waals surface area (Å²) in [5.41, 5.74) is 0.122. The third-order valence-electron chi connectivity index (χ3n) is 3.26. The Morgan fingerprint density at radius 3 is 2.71 bits per heavy atom. The minimum atomic E-state index is -0.555. The van der Waals surface area contributed by atoms with E-state index >= 15 is 0 Å². The van der Waals surface area contributed by atoms with E-state index in [0.717, 1.165) is 25.9 Å². The SMILES string of the molecule is CN1CCC(C#N)(Nc2cccc(F)c2)CC1. The van der Waals surface area contributed by atoms with E-state index in [9.17, 15) is 9.65 Å². The normalized spacial score (nSPS) is 19.6. The Balaban J connectivity index is 2.13. The van der Waals surface area contributed by atoms with E-state index in [1.807, 2.05) is 7.05 Å². The Hall–Kier alpha value is -1.60. The van der Waals surface area contributed by atoms with Crippen LogP contribution < -0.4 is 5.32 Å². The Labute approximate surface area is 101 Å². The lowest BCUT2D eigenvalue weighted by molar-refractivity contribution is 0.235. The first-order chi connectivity index (χ1) is 8.13. The van der Waals surface area contributed by atoms with Gasteiger partial charge in [-0.2, -0.15) is 5.26 Å². The predicted octanol–water partition coefficient (Wildman–Crippen LogP) is 2.23. The molecular weight excluding hydrogens is 217 g/mol. The molecule has 0 aromatic heterocycles. The van der Waals surface area contributed by atoms with Crippen molar-refractivity contribution in [1.82, 2.24) is 4.90 Å². The average Bonchev–Trinajstić information content (AvgIpc) is 2.33. The van der Waals surface area contributed by atoms with Crippen molar-refractivity contribution in [2.24, 2.45) is 0 Å². The van der Waals surface area contributed by atoms with Crippen LogP contribution >= 0.6 is 0 Å². The Morgan fingerprint density at radius 2 is 2.12 bits per heavy atom.